The first kappa shape index (κ1) is 60.5. The molecule has 0 aromatic rings. The number of hydrogen-bond donors (Lipinski definition) is 3. The van der Waals surface area contributed by atoms with Crippen LogP contribution < -0.4 is 16.0 Å². The summed E-state index contributed by atoms with van der Waals surface area (Å²) in [5, 5.41) is 8.18. The number of phosphoric ester groups is 1. The molecule has 0 spiro atoms. The maximum absolute atomic E-state index is 13.7. The molecule has 1 unspecified atom stereocenters. The van der Waals surface area contributed by atoms with Crippen molar-refractivity contribution in [3.63, 3.8) is 0 Å². The number of carbonyl (C=O) groups is 4. The Hall–Kier alpha value is -2.47. The topological polar surface area (TPSA) is 168 Å². The van der Waals surface area contributed by atoms with Crippen molar-refractivity contribution in [2.24, 2.45) is 0 Å². The normalized spacial score (nSPS) is 13.4. The van der Waals surface area contributed by atoms with Crippen LogP contribution in [0.5, 0.6) is 0 Å². The summed E-state index contributed by atoms with van der Waals surface area (Å²) in [6.07, 6.45) is 30.6. The van der Waals surface area contributed by atoms with Crippen LogP contribution in [-0.2, 0) is 42.0 Å². The van der Waals surface area contributed by atoms with Gasteiger partial charge in [0.05, 0.1) is 19.8 Å². The van der Waals surface area contributed by atoms with Crippen LogP contribution in [0.1, 0.15) is 228 Å². The standard InChI is InChI=1S/C49H94N3O10P/c1-8-12-15-18-20-22-23-25-26-29-32-35-45(53)52-44(42-60-63(57,58-40-11-4)59-41-39-51-48(56)62-49(5,6)7)47(55)50-38-37-43(34-31-28-17-14-10-3)61-46(54)36-33-30-27-24-21-19-16-13-9-2/h11,43-44H,4,8-10,12-42H2,1-3,5-7H3,(H,50,55)(H,51,56)(H,52,53)/t43-,44+,63?/m1/s1. The van der Waals surface area contributed by atoms with Crippen molar-refractivity contribution in [2.75, 3.05) is 32.9 Å². The summed E-state index contributed by atoms with van der Waals surface area (Å²) < 4.78 is 41.3. The zero-order chi connectivity index (χ0) is 46.9. The van der Waals surface area contributed by atoms with Gasteiger partial charge < -0.3 is 25.4 Å². The molecule has 63 heavy (non-hydrogen) atoms. The Kier molecular flexibility index (Phi) is 39.4. The molecule has 370 valence electrons. The van der Waals surface area contributed by atoms with Crippen LogP contribution in [0.25, 0.3) is 0 Å². The molecule has 0 aliphatic carbocycles. The van der Waals surface area contributed by atoms with Crippen molar-refractivity contribution in [1.29, 1.82) is 0 Å². The third-order valence-electron chi connectivity index (χ3n) is 10.6. The maximum Gasteiger partial charge on any atom is 0.475 e. The average Bonchev–Trinajstić information content (AvgIpc) is 3.23. The summed E-state index contributed by atoms with van der Waals surface area (Å²) in [5.41, 5.74) is -0.699. The number of nitrogens with one attached hydrogen (secondary N) is 3. The molecule has 3 N–H and O–H groups in total. The summed E-state index contributed by atoms with van der Waals surface area (Å²) in [7, 11) is -4.27. The van der Waals surface area contributed by atoms with E-state index in [0.717, 1.165) is 70.6 Å². The first-order valence-electron chi connectivity index (χ1n) is 25.2. The highest BCUT2D eigenvalue weighted by Gasteiger charge is 2.31. The van der Waals surface area contributed by atoms with Crippen LogP contribution in [0.2, 0.25) is 0 Å². The molecular weight excluding hydrogens is 822 g/mol. The molecule has 0 aliphatic rings. The molecule has 0 aliphatic heterocycles. The minimum Gasteiger partial charge on any atom is -0.462 e. The number of phosphoric acid groups is 1. The highest BCUT2D eigenvalue weighted by molar-refractivity contribution is 7.48. The van der Waals surface area contributed by atoms with E-state index in [2.05, 4.69) is 43.3 Å². The lowest BCUT2D eigenvalue weighted by molar-refractivity contribution is -0.150. The van der Waals surface area contributed by atoms with E-state index < -0.39 is 38.1 Å². The van der Waals surface area contributed by atoms with Gasteiger partial charge in [-0.2, -0.15) is 0 Å². The summed E-state index contributed by atoms with van der Waals surface area (Å²) in [5.74, 6) is -1.07. The Morgan fingerprint density at radius 1 is 0.603 bits per heavy atom. The molecule has 0 bridgehead atoms. The highest BCUT2D eigenvalue weighted by Crippen LogP contribution is 2.49. The van der Waals surface area contributed by atoms with Gasteiger partial charge in [0.1, 0.15) is 17.7 Å². The number of amides is 3. The summed E-state index contributed by atoms with van der Waals surface area (Å²) in [6.45, 7) is 14.7. The molecule has 0 saturated heterocycles. The first-order chi connectivity index (χ1) is 30.3. The fourth-order valence-electron chi connectivity index (χ4n) is 6.99. The zero-order valence-corrected chi connectivity index (χ0v) is 41.9. The molecule has 0 saturated carbocycles. The maximum atomic E-state index is 13.7. The van der Waals surface area contributed by atoms with Crippen LogP contribution in [0.15, 0.2) is 12.7 Å². The lowest BCUT2D eigenvalue weighted by Gasteiger charge is -2.23. The monoisotopic (exact) mass is 916 g/mol. The van der Waals surface area contributed by atoms with Crippen LogP contribution in [0, 0.1) is 0 Å². The van der Waals surface area contributed by atoms with Gasteiger partial charge in [0, 0.05) is 32.4 Å². The molecular formula is C49H94N3O10P. The molecule has 0 heterocycles. The van der Waals surface area contributed by atoms with Crippen LogP contribution in [0.3, 0.4) is 0 Å². The van der Waals surface area contributed by atoms with Crippen molar-refractivity contribution in [2.45, 2.75) is 245 Å². The second-order valence-electron chi connectivity index (χ2n) is 18.0. The fourth-order valence-corrected chi connectivity index (χ4v) is 8.15. The fraction of sp³-hybridized carbons (Fsp3) is 0.878. The lowest BCUT2D eigenvalue weighted by atomic mass is 10.1. The van der Waals surface area contributed by atoms with Crippen molar-refractivity contribution >= 4 is 31.7 Å². The quantitative estimate of drug-likeness (QED) is 0.0232. The minimum atomic E-state index is -4.27. The van der Waals surface area contributed by atoms with Gasteiger partial charge in [0.15, 0.2) is 0 Å². The van der Waals surface area contributed by atoms with E-state index in [1.165, 1.54) is 89.5 Å². The third kappa shape index (κ3) is 39.6. The van der Waals surface area contributed by atoms with E-state index in [4.69, 9.17) is 23.0 Å². The molecule has 0 radical (unpaired) electrons. The predicted octanol–water partition coefficient (Wildman–Crippen LogP) is 12.7. The number of ether oxygens (including phenoxy) is 2. The number of alkyl carbamates (subject to hydrolysis) is 1. The number of hydrogen-bond acceptors (Lipinski definition) is 10. The molecule has 0 fully saturated rings. The van der Waals surface area contributed by atoms with E-state index in [1.807, 2.05) is 0 Å². The summed E-state index contributed by atoms with van der Waals surface area (Å²) >= 11 is 0. The highest BCUT2D eigenvalue weighted by atomic mass is 31.2. The molecule has 0 aromatic heterocycles. The minimum absolute atomic E-state index is 0.0527. The second kappa shape index (κ2) is 41.0. The first-order valence-corrected chi connectivity index (χ1v) is 26.6. The smallest absolute Gasteiger partial charge is 0.462 e. The number of unbranched alkanes of at least 4 members (excludes halogenated alkanes) is 22. The Bertz CT molecular complexity index is 1210. The average molecular weight is 916 g/mol. The van der Waals surface area contributed by atoms with Crippen molar-refractivity contribution in [3.8, 4) is 0 Å². The van der Waals surface area contributed by atoms with Crippen molar-refractivity contribution < 1.29 is 46.8 Å². The predicted molar refractivity (Wildman–Crippen MR) is 256 cm³/mol. The van der Waals surface area contributed by atoms with Gasteiger partial charge in [-0.05, 0) is 46.5 Å². The van der Waals surface area contributed by atoms with Crippen LogP contribution >= 0.6 is 7.82 Å². The van der Waals surface area contributed by atoms with E-state index in [-0.39, 0.29) is 50.7 Å². The van der Waals surface area contributed by atoms with Gasteiger partial charge >= 0.3 is 19.9 Å². The van der Waals surface area contributed by atoms with Gasteiger partial charge in [-0.15, -0.1) is 6.58 Å². The van der Waals surface area contributed by atoms with E-state index in [9.17, 15) is 23.7 Å². The number of esters is 1. The Balaban J connectivity index is 5.48. The Labute approximate surface area is 384 Å². The van der Waals surface area contributed by atoms with Gasteiger partial charge in [-0.25, -0.2) is 9.36 Å². The molecule has 0 rings (SSSR count). The van der Waals surface area contributed by atoms with E-state index >= 15 is 0 Å². The Morgan fingerprint density at radius 2 is 1.10 bits per heavy atom. The van der Waals surface area contributed by atoms with Crippen LogP contribution in [0.4, 0.5) is 4.79 Å². The molecule has 3 amide bonds. The largest absolute Gasteiger partial charge is 0.475 e. The lowest BCUT2D eigenvalue weighted by Crippen LogP contribution is -2.49. The zero-order valence-electron chi connectivity index (χ0n) is 41.0. The summed E-state index contributed by atoms with van der Waals surface area (Å²) in [6, 6.07) is -1.21. The molecule has 14 heteroatoms. The van der Waals surface area contributed by atoms with Gasteiger partial charge in [0.25, 0.3) is 0 Å². The SMILES string of the molecule is C=CCOP(=O)(OCCNC(=O)OC(C)(C)C)OC[C@H](NC(=O)CCCCCCCCCCCCC)C(=O)NCC[C@@H](CCCCCCC)OC(=O)CCCCCCCCCCC. The van der Waals surface area contributed by atoms with E-state index in [0.29, 0.717) is 25.7 Å². The Morgan fingerprint density at radius 3 is 1.60 bits per heavy atom. The summed E-state index contributed by atoms with van der Waals surface area (Å²) in [4.78, 5) is 51.9. The van der Waals surface area contributed by atoms with E-state index in [1.54, 1.807) is 20.8 Å². The second-order valence-corrected chi connectivity index (χ2v) is 19.6. The van der Waals surface area contributed by atoms with Gasteiger partial charge in [0.2, 0.25) is 11.8 Å². The van der Waals surface area contributed by atoms with Crippen molar-refractivity contribution in [3.05, 3.63) is 12.7 Å². The number of carbonyl (C=O) groups excluding carboxylic acids is 4. The van der Waals surface area contributed by atoms with Crippen LogP contribution in [-0.4, -0.2) is 74.5 Å². The molecule has 0 aromatic carbocycles. The van der Waals surface area contributed by atoms with Gasteiger partial charge in [-0.1, -0.05) is 168 Å². The number of rotatable bonds is 44. The molecule has 13 nitrogen and oxygen atoms in total. The third-order valence-corrected chi connectivity index (χ3v) is 12.0. The van der Waals surface area contributed by atoms with Crippen molar-refractivity contribution in [1.82, 2.24) is 16.0 Å². The molecule has 3 atom stereocenters. The van der Waals surface area contributed by atoms with Gasteiger partial charge in [-0.3, -0.25) is 28.0 Å².